The number of hydrogen-bond acceptors (Lipinski definition) is 7. The first-order chi connectivity index (χ1) is 20.7. The summed E-state index contributed by atoms with van der Waals surface area (Å²) in [5.41, 5.74) is 4.50. The molecule has 1 saturated heterocycles. The van der Waals surface area contributed by atoms with E-state index in [0.29, 0.717) is 52.9 Å². The van der Waals surface area contributed by atoms with Crippen molar-refractivity contribution in [1.29, 1.82) is 0 Å². The summed E-state index contributed by atoms with van der Waals surface area (Å²) in [6.07, 6.45) is 4.86. The molecule has 7 rings (SSSR count). The molecule has 0 saturated carbocycles. The summed E-state index contributed by atoms with van der Waals surface area (Å²) in [4.78, 5) is 35.2. The highest BCUT2D eigenvalue weighted by Gasteiger charge is 2.37. The van der Waals surface area contributed by atoms with Gasteiger partial charge in [0.15, 0.2) is 5.75 Å². The monoisotopic (exact) mass is 598 g/mol. The molecule has 2 aliphatic rings. The molecule has 43 heavy (non-hydrogen) atoms. The average molecular weight is 599 g/mol. The van der Waals surface area contributed by atoms with Gasteiger partial charge in [-0.1, -0.05) is 24.2 Å². The van der Waals surface area contributed by atoms with Gasteiger partial charge in [0.1, 0.15) is 18.2 Å². The van der Waals surface area contributed by atoms with Gasteiger partial charge in [0, 0.05) is 42.2 Å². The van der Waals surface area contributed by atoms with E-state index < -0.39 is 5.69 Å². The molecule has 2 aliphatic heterocycles. The van der Waals surface area contributed by atoms with Crippen molar-refractivity contribution in [3.05, 3.63) is 69.9 Å². The van der Waals surface area contributed by atoms with E-state index >= 15 is 0 Å². The Labute approximate surface area is 252 Å². The predicted octanol–water partition coefficient (Wildman–Crippen LogP) is 4.57. The number of hydrogen-bond donors (Lipinski definition) is 1. The highest BCUT2D eigenvalue weighted by Crippen LogP contribution is 2.48. The fourth-order valence-electron chi connectivity index (χ4n) is 6.41. The number of aryl methyl sites for hydroxylation is 2. The van der Waals surface area contributed by atoms with E-state index in [1.807, 2.05) is 50.6 Å². The maximum atomic E-state index is 14.2. The predicted molar refractivity (Wildman–Crippen MR) is 166 cm³/mol. The first kappa shape index (κ1) is 27.2. The third-order valence-corrected chi connectivity index (χ3v) is 8.84. The van der Waals surface area contributed by atoms with Gasteiger partial charge in [-0.05, 0) is 57.0 Å². The summed E-state index contributed by atoms with van der Waals surface area (Å²) in [6, 6.07) is 5.71. The molecular weight excluding hydrogens is 568 g/mol. The van der Waals surface area contributed by atoms with Crippen molar-refractivity contribution in [3.8, 4) is 22.7 Å². The zero-order valence-corrected chi connectivity index (χ0v) is 25.1. The summed E-state index contributed by atoms with van der Waals surface area (Å²) in [5, 5.41) is 13.9. The summed E-state index contributed by atoms with van der Waals surface area (Å²) >= 11 is 7.28. The lowest BCUT2D eigenvalue weighted by Crippen LogP contribution is -2.56. The average Bonchev–Trinajstić information content (AvgIpc) is 3.58. The Balaban J connectivity index is 1.57. The second-order valence-corrected chi connectivity index (χ2v) is 11.8. The number of ether oxygens (including phenoxy) is 1. The maximum absolute atomic E-state index is 14.2. The van der Waals surface area contributed by atoms with Crippen LogP contribution in [0.1, 0.15) is 31.0 Å². The van der Waals surface area contributed by atoms with Gasteiger partial charge in [-0.2, -0.15) is 15.2 Å². The molecule has 220 valence electrons. The second-order valence-electron chi connectivity index (χ2n) is 11.4. The number of rotatable bonds is 4. The van der Waals surface area contributed by atoms with Gasteiger partial charge in [-0.15, -0.1) is 0 Å². The number of fused-ring (bicyclic) bond motifs is 3. The van der Waals surface area contributed by atoms with Crippen LogP contribution in [0.25, 0.3) is 38.8 Å². The van der Waals surface area contributed by atoms with Crippen molar-refractivity contribution in [2.45, 2.75) is 39.8 Å². The minimum atomic E-state index is -0.435. The molecule has 5 heterocycles. The van der Waals surface area contributed by atoms with Crippen LogP contribution in [0.15, 0.2) is 48.0 Å². The van der Waals surface area contributed by atoms with Crippen molar-refractivity contribution in [2.24, 2.45) is 0 Å². The van der Waals surface area contributed by atoms with Gasteiger partial charge in [0.05, 0.1) is 39.9 Å². The Morgan fingerprint density at radius 3 is 2.79 bits per heavy atom. The third kappa shape index (κ3) is 4.05. The fraction of sp³-hybridized carbons (Fsp3) is 0.323. The Morgan fingerprint density at radius 2 is 2.02 bits per heavy atom. The topological polar surface area (TPSA) is 114 Å². The van der Waals surface area contributed by atoms with Crippen molar-refractivity contribution in [2.75, 3.05) is 31.1 Å². The minimum absolute atomic E-state index is 0.00900. The van der Waals surface area contributed by atoms with Gasteiger partial charge < -0.3 is 14.5 Å². The Kier molecular flexibility index (Phi) is 6.31. The number of nitrogens with one attached hydrogen (secondary N) is 1. The molecule has 0 radical (unpaired) electrons. The molecule has 0 aliphatic carbocycles. The van der Waals surface area contributed by atoms with Crippen molar-refractivity contribution < 1.29 is 9.53 Å². The number of amides is 1. The highest BCUT2D eigenvalue weighted by molar-refractivity contribution is 6.37. The van der Waals surface area contributed by atoms with Crippen molar-refractivity contribution in [3.63, 3.8) is 0 Å². The van der Waals surface area contributed by atoms with Crippen LogP contribution in [-0.2, 0) is 4.79 Å². The molecule has 1 atom stereocenters. The van der Waals surface area contributed by atoms with Crippen LogP contribution in [-0.4, -0.2) is 72.6 Å². The van der Waals surface area contributed by atoms with Gasteiger partial charge in [-0.25, -0.2) is 14.0 Å². The van der Waals surface area contributed by atoms with Crippen LogP contribution in [0.4, 0.5) is 5.82 Å². The first-order valence-electron chi connectivity index (χ1n) is 14.3. The molecule has 11 nitrogen and oxygen atoms in total. The SMILES string of the molecule is C=CC(=O)N1CCN2c3nc(=O)n(-c4c(C)cnn4C(C)C)c4cc(-c5c(C)ccc6[nH]ncc56)c(Cl)c(c34)OCC2C1. The van der Waals surface area contributed by atoms with Crippen LogP contribution in [0.2, 0.25) is 5.02 Å². The van der Waals surface area contributed by atoms with E-state index in [2.05, 4.69) is 31.8 Å². The number of nitrogens with zero attached hydrogens (tertiary/aromatic N) is 7. The standard InChI is InChI=1S/C31H31ClN8O3/c1-6-24(41)37-9-10-38-19(14-37)15-43-28-26-23(11-20(27(28)32)25-17(4)7-8-22-21(25)13-33-36-22)39(31(42)35-29(26)38)30-18(5)12-34-40(30)16(2)3/h6-8,11-13,16,19H,1,9-10,14-15H2,2-5H3,(H,33,36). The molecular formula is C31H31ClN8O3. The molecule has 12 heteroatoms. The van der Waals surface area contributed by atoms with Crippen LogP contribution in [0.5, 0.6) is 5.75 Å². The normalized spacial score (nSPS) is 16.5. The van der Waals surface area contributed by atoms with E-state index in [1.54, 1.807) is 21.9 Å². The van der Waals surface area contributed by atoms with E-state index in [9.17, 15) is 9.59 Å². The molecule has 1 N–H and O–H groups in total. The summed E-state index contributed by atoms with van der Waals surface area (Å²) < 4.78 is 10.0. The number of aromatic amines is 1. The number of H-pyrrole nitrogens is 1. The van der Waals surface area contributed by atoms with Crippen LogP contribution in [0, 0.1) is 13.8 Å². The number of halogens is 1. The lowest BCUT2D eigenvalue weighted by atomic mass is 9.95. The zero-order valence-electron chi connectivity index (χ0n) is 24.4. The fourth-order valence-corrected chi connectivity index (χ4v) is 6.71. The number of anilines is 1. The molecule has 2 aromatic carbocycles. The second kappa shape index (κ2) is 9.98. The molecule has 1 unspecified atom stereocenters. The molecule has 1 amide bonds. The van der Waals surface area contributed by atoms with Gasteiger partial charge in [0.2, 0.25) is 5.91 Å². The highest BCUT2D eigenvalue weighted by atomic mass is 35.5. The molecule has 0 spiro atoms. The quantitative estimate of drug-likeness (QED) is 0.301. The lowest BCUT2D eigenvalue weighted by Gasteiger charge is -2.40. The zero-order chi connectivity index (χ0) is 30.2. The largest absolute Gasteiger partial charge is 0.489 e. The minimum Gasteiger partial charge on any atom is -0.489 e. The van der Waals surface area contributed by atoms with Crippen LogP contribution in [0.3, 0.4) is 0 Å². The molecule has 3 aromatic heterocycles. The van der Waals surface area contributed by atoms with E-state index in [0.717, 1.165) is 33.2 Å². The molecule has 0 bridgehead atoms. The number of piperazine rings is 1. The van der Waals surface area contributed by atoms with E-state index in [4.69, 9.17) is 16.3 Å². The Morgan fingerprint density at radius 1 is 1.21 bits per heavy atom. The molecule has 5 aromatic rings. The van der Waals surface area contributed by atoms with Crippen molar-refractivity contribution >= 4 is 45.1 Å². The smallest absolute Gasteiger partial charge is 0.355 e. The Bertz CT molecular complexity index is 2020. The van der Waals surface area contributed by atoms with E-state index in [-0.39, 0.29) is 24.6 Å². The summed E-state index contributed by atoms with van der Waals surface area (Å²) in [5.74, 6) is 1.45. The number of carbonyl (C=O) groups is 1. The molecule has 1 fully saturated rings. The number of benzene rings is 2. The van der Waals surface area contributed by atoms with Gasteiger partial charge in [-0.3, -0.25) is 9.89 Å². The number of aromatic nitrogens is 6. The van der Waals surface area contributed by atoms with Crippen LogP contribution >= 0.6 is 11.6 Å². The van der Waals surface area contributed by atoms with Gasteiger partial charge in [0.25, 0.3) is 0 Å². The maximum Gasteiger partial charge on any atom is 0.355 e. The Hall–Kier alpha value is -4.64. The van der Waals surface area contributed by atoms with Crippen LogP contribution < -0.4 is 15.3 Å². The first-order valence-corrected chi connectivity index (χ1v) is 14.6. The van der Waals surface area contributed by atoms with Gasteiger partial charge >= 0.3 is 5.69 Å². The number of carbonyl (C=O) groups excluding carboxylic acids is 1. The summed E-state index contributed by atoms with van der Waals surface area (Å²) in [6.45, 7) is 13.2. The summed E-state index contributed by atoms with van der Waals surface area (Å²) in [7, 11) is 0. The lowest BCUT2D eigenvalue weighted by molar-refractivity contribution is -0.126. The van der Waals surface area contributed by atoms with Crippen molar-refractivity contribution in [1.82, 2.24) is 34.4 Å². The van der Waals surface area contributed by atoms with E-state index in [1.165, 1.54) is 6.08 Å². The third-order valence-electron chi connectivity index (χ3n) is 8.47.